The van der Waals surface area contributed by atoms with Gasteiger partial charge in [-0.25, -0.2) is 0 Å². The lowest BCUT2D eigenvalue weighted by Gasteiger charge is -2.09. The molecule has 5 nitrogen and oxygen atoms in total. The lowest BCUT2D eigenvalue weighted by molar-refractivity contribution is -0.112. The molecular formula is C18H14BrClN2O3. The number of carbonyl (C=O) groups is 1. The van der Waals surface area contributed by atoms with E-state index in [0.29, 0.717) is 15.2 Å². The largest absolute Gasteiger partial charge is 0.504 e. The van der Waals surface area contributed by atoms with E-state index in [2.05, 4.69) is 21.2 Å². The Hall–Kier alpha value is -2.49. The zero-order valence-electron chi connectivity index (χ0n) is 13.4. The fourth-order valence-corrected chi connectivity index (χ4v) is 2.67. The van der Waals surface area contributed by atoms with E-state index in [9.17, 15) is 15.2 Å². The summed E-state index contributed by atoms with van der Waals surface area (Å²) in [6, 6.07) is 10.0. The quantitative estimate of drug-likeness (QED) is 0.555. The van der Waals surface area contributed by atoms with Crippen LogP contribution >= 0.6 is 27.5 Å². The van der Waals surface area contributed by atoms with Crippen molar-refractivity contribution in [2.75, 3.05) is 12.4 Å². The highest BCUT2D eigenvalue weighted by atomic mass is 79.9. The molecule has 128 valence electrons. The summed E-state index contributed by atoms with van der Waals surface area (Å²) < 4.78 is 5.69. The van der Waals surface area contributed by atoms with E-state index < -0.39 is 5.91 Å². The number of amides is 1. The molecule has 2 rings (SSSR count). The molecule has 0 aliphatic heterocycles. The summed E-state index contributed by atoms with van der Waals surface area (Å²) in [6.07, 6.45) is 1.29. The van der Waals surface area contributed by atoms with Gasteiger partial charge in [0.15, 0.2) is 11.5 Å². The van der Waals surface area contributed by atoms with Crippen LogP contribution in [0.3, 0.4) is 0 Å². The van der Waals surface area contributed by atoms with Gasteiger partial charge in [-0.3, -0.25) is 4.79 Å². The van der Waals surface area contributed by atoms with Crippen LogP contribution < -0.4 is 10.1 Å². The van der Waals surface area contributed by atoms with Gasteiger partial charge in [-0.05, 0) is 42.8 Å². The van der Waals surface area contributed by atoms with Gasteiger partial charge in [-0.2, -0.15) is 5.26 Å². The Morgan fingerprint density at radius 2 is 2.12 bits per heavy atom. The predicted octanol–water partition coefficient (Wildman–Crippen LogP) is 4.67. The molecule has 0 atom stereocenters. The van der Waals surface area contributed by atoms with Crippen molar-refractivity contribution < 1.29 is 14.6 Å². The SMILES string of the molecule is COc1cc(Br)cc(/C=C(\C#N)C(=O)Nc2ccc(C)c(Cl)c2)c1O. The number of rotatable bonds is 4. The van der Waals surface area contributed by atoms with Crippen LogP contribution in [0.5, 0.6) is 11.5 Å². The minimum atomic E-state index is -0.610. The number of phenolic OH excluding ortho intramolecular Hbond substituents is 1. The van der Waals surface area contributed by atoms with Gasteiger partial charge >= 0.3 is 0 Å². The van der Waals surface area contributed by atoms with E-state index in [0.717, 1.165) is 5.56 Å². The molecule has 0 radical (unpaired) electrons. The van der Waals surface area contributed by atoms with Gasteiger partial charge in [-0.1, -0.05) is 33.6 Å². The third-order valence-corrected chi connectivity index (χ3v) is 4.25. The van der Waals surface area contributed by atoms with Crippen LogP contribution in [-0.2, 0) is 4.79 Å². The van der Waals surface area contributed by atoms with Crippen LogP contribution in [0.25, 0.3) is 6.08 Å². The number of carbonyl (C=O) groups excluding carboxylic acids is 1. The number of methoxy groups -OCH3 is 1. The molecule has 0 spiro atoms. The topological polar surface area (TPSA) is 82.3 Å². The first kappa shape index (κ1) is 18.8. The highest BCUT2D eigenvalue weighted by Crippen LogP contribution is 2.35. The molecule has 2 aromatic rings. The number of halogens is 2. The molecule has 0 saturated heterocycles. The molecule has 0 aliphatic rings. The second kappa shape index (κ2) is 8.06. The molecule has 0 heterocycles. The van der Waals surface area contributed by atoms with Crippen LogP contribution in [0.4, 0.5) is 5.69 Å². The minimum Gasteiger partial charge on any atom is -0.504 e. The van der Waals surface area contributed by atoms with E-state index in [4.69, 9.17) is 16.3 Å². The summed E-state index contributed by atoms with van der Waals surface area (Å²) in [5.41, 5.74) is 1.45. The van der Waals surface area contributed by atoms with Crippen LogP contribution in [0.15, 0.2) is 40.4 Å². The standard InChI is InChI=1S/C18H14BrClN2O3/c1-10-3-4-14(8-15(10)20)22-18(24)12(9-21)5-11-6-13(19)7-16(25-2)17(11)23/h3-8,23H,1-2H3,(H,22,24)/b12-5+. The van der Waals surface area contributed by atoms with Gasteiger partial charge in [0.05, 0.1) is 7.11 Å². The second-order valence-electron chi connectivity index (χ2n) is 5.13. The number of ether oxygens (including phenoxy) is 1. The highest BCUT2D eigenvalue weighted by Gasteiger charge is 2.14. The fourth-order valence-electron chi connectivity index (χ4n) is 2.03. The van der Waals surface area contributed by atoms with E-state index in [1.807, 2.05) is 13.0 Å². The number of nitrogens with one attached hydrogen (secondary N) is 1. The lowest BCUT2D eigenvalue weighted by atomic mass is 10.1. The maximum absolute atomic E-state index is 12.3. The Labute approximate surface area is 158 Å². The average Bonchev–Trinajstić information content (AvgIpc) is 2.58. The number of anilines is 1. The van der Waals surface area contributed by atoms with Gasteiger partial charge in [0.25, 0.3) is 5.91 Å². The lowest BCUT2D eigenvalue weighted by Crippen LogP contribution is -2.13. The molecule has 0 fully saturated rings. The average molecular weight is 422 g/mol. The smallest absolute Gasteiger partial charge is 0.266 e. The molecule has 7 heteroatoms. The summed E-state index contributed by atoms with van der Waals surface area (Å²) in [5.74, 6) is -0.547. The Morgan fingerprint density at radius 1 is 1.40 bits per heavy atom. The molecule has 0 aromatic heterocycles. The molecule has 2 aromatic carbocycles. The third-order valence-electron chi connectivity index (χ3n) is 3.38. The van der Waals surface area contributed by atoms with Crippen molar-refractivity contribution in [1.29, 1.82) is 5.26 Å². The first-order chi connectivity index (χ1) is 11.8. The number of hydrogen-bond donors (Lipinski definition) is 2. The Bertz CT molecular complexity index is 904. The molecule has 1 amide bonds. The molecule has 2 N–H and O–H groups in total. The first-order valence-corrected chi connectivity index (χ1v) is 8.28. The number of nitrogens with zero attached hydrogens (tertiary/aromatic N) is 1. The van der Waals surface area contributed by atoms with Crippen molar-refractivity contribution in [3.05, 3.63) is 56.5 Å². The Balaban J connectivity index is 2.34. The maximum Gasteiger partial charge on any atom is 0.266 e. The van der Waals surface area contributed by atoms with Gasteiger partial charge in [-0.15, -0.1) is 0 Å². The second-order valence-corrected chi connectivity index (χ2v) is 6.46. The zero-order chi connectivity index (χ0) is 18.6. The van der Waals surface area contributed by atoms with Gasteiger partial charge in [0.1, 0.15) is 11.6 Å². The summed E-state index contributed by atoms with van der Waals surface area (Å²) in [4.78, 5) is 12.3. The van der Waals surface area contributed by atoms with Crippen molar-refractivity contribution in [1.82, 2.24) is 0 Å². The maximum atomic E-state index is 12.3. The van der Waals surface area contributed by atoms with Crippen molar-refractivity contribution in [2.24, 2.45) is 0 Å². The number of aromatic hydroxyl groups is 1. The minimum absolute atomic E-state index is 0.162. The molecular weight excluding hydrogens is 408 g/mol. The summed E-state index contributed by atoms with van der Waals surface area (Å²) in [5, 5.41) is 22.6. The van der Waals surface area contributed by atoms with Gasteiger partial charge < -0.3 is 15.2 Å². The number of nitriles is 1. The fraction of sp³-hybridized carbons (Fsp3) is 0.111. The van der Waals surface area contributed by atoms with E-state index >= 15 is 0 Å². The molecule has 0 saturated carbocycles. The van der Waals surface area contributed by atoms with E-state index in [-0.39, 0.29) is 22.6 Å². The number of hydrogen-bond acceptors (Lipinski definition) is 4. The number of aryl methyl sites for hydroxylation is 1. The van der Waals surface area contributed by atoms with Crippen molar-refractivity contribution >= 4 is 45.2 Å². The Morgan fingerprint density at radius 3 is 2.72 bits per heavy atom. The van der Waals surface area contributed by atoms with Gasteiger partial charge in [0, 0.05) is 20.7 Å². The first-order valence-electron chi connectivity index (χ1n) is 7.11. The van der Waals surface area contributed by atoms with Crippen molar-refractivity contribution in [3.8, 4) is 17.6 Å². The van der Waals surface area contributed by atoms with Gasteiger partial charge in [0.2, 0.25) is 0 Å². The summed E-state index contributed by atoms with van der Waals surface area (Å²) >= 11 is 9.32. The summed E-state index contributed by atoms with van der Waals surface area (Å²) in [6.45, 7) is 1.85. The third kappa shape index (κ3) is 4.53. The monoisotopic (exact) mass is 420 g/mol. The predicted molar refractivity (Wildman–Crippen MR) is 101 cm³/mol. The normalized spacial score (nSPS) is 10.9. The summed E-state index contributed by atoms with van der Waals surface area (Å²) in [7, 11) is 1.41. The van der Waals surface area contributed by atoms with Crippen LogP contribution in [0.1, 0.15) is 11.1 Å². The van der Waals surface area contributed by atoms with Crippen LogP contribution in [0, 0.1) is 18.3 Å². The molecule has 0 aliphatic carbocycles. The number of benzene rings is 2. The molecule has 0 bridgehead atoms. The molecule has 0 unspecified atom stereocenters. The number of phenols is 1. The van der Waals surface area contributed by atoms with Crippen molar-refractivity contribution in [3.63, 3.8) is 0 Å². The molecule has 25 heavy (non-hydrogen) atoms. The van der Waals surface area contributed by atoms with Crippen molar-refractivity contribution in [2.45, 2.75) is 6.92 Å². The highest BCUT2D eigenvalue weighted by molar-refractivity contribution is 9.10. The van der Waals surface area contributed by atoms with E-state index in [1.54, 1.807) is 30.3 Å². The Kier molecular flexibility index (Phi) is 6.07. The van der Waals surface area contributed by atoms with Crippen LogP contribution in [0.2, 0.25) is 5.02 Å². The van der Waals surface area contributed by atoms with Crippen LogP contribution in [-0.4, -0.2) is 18.1 Å². The van der Waals surface area contributed by atoms with E-state index in [1.165, 1.54) is 13.2 Å². The zero-order valence-corrected chi connectivity index (χ0v) is 15.8.